The van der Waals surface area contributed by atoms with Crippen LogP contribution in [-0.4, -0.2) is 26.5 Å². The predicted octanol–water partition coefficient (Wildman–Crippen LogP) is 0.828. The SMILES string of the molecule is C#Cc1cc(CCCC)c(S(C)(=O)=O)cc1C(=O)N=C(N)N. The fourth-order valence-electron chi connectivity index (χ4n) is 2.01. The van der Waals surface area contributed by atoms with Gasteiger partial charge < -0.3 is 11.5 Å². The molecular weight excluding hydrogens is 302 g/mol. The molecule has 22 heavy (non-hydrogen) atoms. The first-order valence-corrected chi connectivity index (χ1v) is 8.57. The lowest BCUT2D eigenvalue weighted by Gasteiger charge is -2.11. The van der Waals surface area contributed by atoms with Gasteiger partial charge >= 0.3 is 0 Å². The Kier molecular flexibility index (Phi) is 5.71. The van der Waals surface area contributed by atoms with Crippen LogP contribution in [0.2, 0.25) is 0 Å². The molecule has 0 radical (unpaired) electrons. The summed E-state index contributed by atoms with van der Waals surface area (Å²) in [6.45, 7) is 2.00. The van der Waals surface area contributed by atoms with Crippen molar-refractivity contribution in [2.45, 2.75) is 31.1 Å². The molecule has 118 valence electrons. The highest BCUT2D eigenvalue weighted by molar-refractivity contribution is 7.90. The molecule has 4 N–H and O–H groups in total. The number of sulfone groups is 1. The molecule has 0 unspecified atom stereocenters. The summed E-state index contributed by atoms with van der Waals surface area (Å²) in [4.78, 5) is 15.5. The van der Waals surface area contributed by atoms with E-state index in [9.17, 15) is 13.2 Å². The van der Waals surface area contributed by atoms with Crippen LogP contribution in [0.1, 0.15) is 41.3 Å². The number of hydrogen-bond donors (Lipinski definition) is 2. The van der Waals surface area contributed by atoms with E-state index >= 15 is 0 Å². The lowest BCUT2D eigenvalue weighted by atomic mass is 10.0. The molecule has 6 nitrogen and oxygen atoms in total. The number of nitrogens with two attached hydrogens (primary N) is 2. The number of unbranched alkanes of at least 4 members (excludes halogenated alkanes) is 1. The fourth-order valence-corrected chi connectivity index (χ4v) is 2.98. The van der Waals surface area contributed by atoms with Crippen molar-refractivity contribution in [1.82, 2.24) is 0 Å². The molecule has 7 heteroatoms. The van der Waals surface area contributed by atoms with E-state index in [0.29, 0.717) is 12.0 Å². The molecule has 0 atom stereocenters. The zero-order valence-electron chi connectivity index (χ0n) is 12.6. The number of aryl methyl sites for hydroxylation is 1. The van der Waals surface area contributed by atoms with E-state index in [1.54, 1.807) is 6.07 Å². The third kappa shape index (κ3) is 4.33. The first-order valence-electron chi connectivity index (χ1n) is 6.68. The van der Waals surface area contributed by atoms with E-state index in [-0.39, 0.29) is 16.0 Å². The second-order valence-electron chi connectivity index (χ2n) is 4.87. The van der Waals surface area contributed by atoms with Crippen molar-refractivity contribution in [3.63, 3.8) is 0 Å². The zero-order chi connectivity index (χ0) is 16.9. The number of amides is 1. The van der Waals surface area contributed by atoms with Gasteiger partial charge in [0.15, 0.2) is 15.8 Å². The molecule has 0 aliphatic rings. The van der Waals surface area contributed by atoms with Gasteiger partial charge in [0.2, 0.25) is 0 Å². The van der Waals surface area contributed by atoms with E-state index in [4.69, 9.17) is 17.9 Å². The van der Waals surface area contributed by atoms with Crippen LogP contribution in [0.3, 0.4) is 0 Å². The lowest BCUT2D eigenvalue weighted by Crippen LogP contribution is -2.24. The number of aliphatic imine (C=N–C) groups is 1. The average molecular weight is 321 g/mol. The van der Waals surface area contributed by atoms with Gasteiger partial charge in [-0.05, 0) is 30.5 Å². The van der Waals surface area contributed by atoms with Crippen LogP contribution >= 0.6 is 0 Å². The molecule has 1 aromatic rings. The summed E-state index contributed by atoms with van der Waals surface area (Å²) in [7, 11) is -3.51. The molecule has 1 rings (SSSR count). The van der Waals surface area contributed by atoms with E-state index in [1.165, 1.54) is 6.07 Å². The molecule has 1 aromatic carbocycles. The molecule has 0 saturated heterocycles. The van der Waals surface area contributed by atoms with Gasteiger partial charge in [0.1, 0.15) is 0 Å². The van der Waals surface area contributed by atoms with Gasteiger partial charge in [-0.1, -0.05) is 19.3 Å². The Morgan fingerprint density at radius 1 is 1.36 bits per heavy atom. The van der Waals surface area contributed by atoms with Crippen LogP contribution in [0.25, 0.3) is 0 Å². The van der Waals surface area contributed by atoms with Crippen LogP contribution in [0.15, 0.2) is 22.0 Å². The summed E-state index contributed by atoms with van der Waals surface area (Å²) >= 11 is 0. The summed E-state index contributed by atoms with van der Waals surface area (Å²) in [6, 6.07) is 2.80. The molecule has 0 spiro atoms. The smallest absolute Gasteiger partial charge is 0.281 e. The molecule has 0 aromatic heterocycles. The number of hydrogen-bond acceptors (Lipinski definition) is 3. The normalized spacial score (nSPS) is 10.8. The van der Waals surface area contributed by atoms with Crippen molar-refractivity contribution >= 4 is 21.7 Å². The Labute approximate surface area is 130 Å². The van der Waals surface area contributed by atoms with Gasteiger partial charge in [-0.25, -0.2) is 8.42 Å². The van der Waals surface area contributed by atoms with Crippen molar-refractivity contribution in [3.05, 3.63) is 28.8 Å². The van der Waals surface area contributed by atoms with Crippen molar-refractivity contribution in [2.75, 3.05) is 6.26 Å². The first kappa shape index (κ1) is 17.7. The van der Waals surface area contributed by atoms with Crippen LogP contribution in [0.5, 0.6) is 0 Å². The van der Waals surface area contributed by atoms with Crippen molar-refractivity contribution in [1.29, 1.82) is 0 Å². The summed E-state index contributed by atoms with van der Waals surface area (Å²) in [6.07, 6.45) is 8.78. The van der Waals surface area contributed by atoms with E-state index in [1.807, 2.05) is 6.92 Å². The highest BCUT2D eigenvalue weighted by atomic mass is 32.2. The summed E-state index contributed by atoms with van der Waals surface area (Å²) in [5.41, 5.74) is 11.2. The maximum atomic E-state index is 12.0. The second-order valence-corrected chi connectivity index (χ2v) is 6.85. The van der Waals surface area contributed by atoms with Gasteiger partial charge in [-0.15, -0.1) is 6.42 Å². The topological polar surface area (TPSA) is 116 Å². The highest BCUT2D eigenvalue weighted by Gasteiger charge is 2.20. The summed E-state index contributed by atoms with van der Waals surface area (Å²) < 4.78 is 23.9. The minimum atomic E-state index is -3.51. The van der Waals surface area contributed by atoms with Crippen LogP contribution < -0.4 is 11.5 Å². The van der Waals surface area contributed by atoms with E-state index < -0.39 is 21.7 Å². The Hall–Kier alpha value is -2.33. The Balaban J connectivity index is 3.58. The number of carbonyl (C=O) groups is 1. The fraction of sp³-hybridized carbons (Fsp3) is 0.333. The number of benzene rings is 1. The molecule has 0 saturated carbocycles. The molecule has 0 fully saturated rings. The Morgan fingerprint density at radius 2 is 2.00 bits per heavy atom. The predicted molar refractivity (Wildman–Crippen MR) is 86.2 cm³/mol. The van der Waals surface area contributed by atoms with Crippen molar-refractivity contribution < 1.29 is 13.2 Å². The number of rotatable bonds is 5. The van der Waals surface area contributed by atoms with Gasteiger partial charge in [-0.2, -0.15) is 4.99 Å². The largest absolute Gasteiger partial charge is 0.370 e. The zero-order valence-corrected chi connectivity index (χ0v) is 13.4. The third-order valence-corrected chi connectivity index (χ3v) is 4.20. The monoisotopic (exact) mass is 321 g/mol. The third-order valence-electron chi connectivity index (χ3n) is 3.02. The van der Waals surface area contributed by atoms with Gasteiger partial charge in [0.05, 0.1) is 10.5 Å². The van der Waals surface area contributed by atoms with E-state index in [2.05, 4.69) is 10.9 Å². The maximum Gasteiger partial charge on any atom is 0.281 e. The van der Waals surface area contributed by atoms with Crippen LogP contribution in [0, 0.1) is 12.3 Å². The van der Waals surface area contributed by atoms with E-state index in [0.717, 1.165) is 19.1 Å². The summed E-state index contributed by atoms with van der Waals surface area (Å²) in [5, 5.41) is 0. The average Bonchev–Trinajstić information content (AvgIpc) is 2.42. The standard InChI is InChI=1S/C15H19N3O3S/c1-4-6-7-11-8-10(5-2)12(14(19)18-15(16)17)9-13(11)22(3,20)21/h2,8-9H,4,6-7H2,1,3H3,(H4,16,17,18,19). The molecule has 1 amide bonds. The highest BCUT2D eigenvalue weighted by Crippen LogP contribution is 2.23. The Bertz CT molecular complexity index is 755. The molecule has 0 aliphatic heterocycles. The number of terminal acetylenes is 1. The van der Waals surface area contributed by atoms with Crippen molar-refractivity contribution in [3.8, 4) is 12.3 Å². The molecule has 0 aliphatic carbocycles. The van der Waals surface area contributed by atoms with Gasteiger partial charge in [0.25, 0.3) is 5.91 Å². The molecule has 0 heterocycles. The van der Waals surface area contributed by atoms with Gasteiger partial charge in [0, 0.05) is 11.8 Å². The van der Waals surface area contributed by atoms with Crippen LogP contribution in [0.4, 0.5) is 0 Å². The van der Waals surface area contributed by atoms with Crippen molar-refractivity contribution in [2.24, 2.45) is 16.5 Å². The van der Waals surface area contributed by atoms with Gasteiger partial charge in [-0.3, -0.25) is 4.79 Å². The molecule has 0 bridgehead atoms. The Morgan fingerprint density at radius 3 is 2.45 bits per heavy atom. The first-order chi connectivity index (χ1) is 10.2. The maximum absolute atomic E-state index is 12.0. The summed E-state index contributed by atoms with van der Waals surface area (Å²) in [5.74, 6) is 1.20. The number of carbonyl (C=O) groups excluding carboxylic acids is 1. The second kappa shape index (κ2) is 7.09. The lowest BCUT2D eigenvalue weighted by molar-refractivity contribution is 0.100. The molecular formula is C15H19N3O3S. The minimum Gasteiger partial charge on any atom is -0.370 e. The number of nitrogens with zero attached hydrogens (tertiary/aromatic N) is 1. The minimum absolute atomic E-state index is 0.00317. The number of guanidine groups is 1. The quantitative estimate of drug-likeness (QED) is 0.473. The van der Waals surface area contributed by atoms with Crippen LogP contribution in [-0.2, 0) is 16.3 Å².